The van der Waals surface area contributed by atoms with Gasteiger partial charge in [-0.15, -0.1) is 0 Å². The molecule has 0 spiro atoms. The first-order valence-electron chi connectivity index (χ1n) is 6.27. The maximum absolute atomic E-state index is 13.5. The van der Waals surface area contributed by atoms with Crippen molar-refractivity contribution in [1.29, 1.82) is 0 Å². The molecule has 0 saturated carbocycles. The van der Waals surface area contributed by atoms with E-state index in [9.17, 15) is 13.9 Å². The average Bonchev–Trinajstić information content (AvgIpc) is 2.56. The van der Waals surface area contributed by atoms with Gasteiger partial charge in [-0.25, -0.2) is 8.78 Å². The third-order valence-corrected chi connectivity index (χ3v) is 4.06. The second-order valence-corrected chi connectivity index (χ2v) is 5.24. The van der Waals surface area contributed by atoms with Gasteiger partial charge in [-0.3, -0.25) is 0 Å². The first-order chi connectivity index (χ1) is 8.56. The van der Waals surface area contributed by atoms with Crippen LogP contribution in [0.4, 0.5) is 20.2 Å². The summed E-state index contributed by atoms with van der Waals surface area (Å²) in [7, 11) is 0. The van der Waals surface area contributed by atoms with Gasteiger partial charge in [0, 0.05) is 18.2 Å². The second-order valence-electron chi connectivity index (χ2n) is 5.24. The Morgan fingerprint density at radius 2 is 1.78 bits per heavy atom. The number of nitrogens with two attached hydrogens (primary N) is 1. The summed E-state index contributed by atoms with van der Waals surface area (Å²) in [5.41, 5.74) is 6.16. The van der Waals surface area contributed by atoms with Crippen molar-refractivity contribution >= 4 is 11.4 Å². The quantitative estimate of drug-likeness (QED) is 0.754. The minimum absolute atomic E-state index is 0.00434. The van der Waals surface area contributed by atoms with E-state index >= 15 is 0 Å². The summed E-state index contributed by atoms with van der Waals surface area (Å²) < 4.78 is 26.8. The zero-order valence-electron chi connectivity index (χ0n) is 9.94. The number of halogens is 2. The number of fused-ring (bicyclic) bond motifs is 2. The lowest BCUT2D eigenvalue weighted by molar-refractivity contribution is 0.126. The minimum Gasteiger partial charge on any atom is -0.395 e. The third-order valence-electron chi connectivity index (χ3n) is 4.06. The van der Waals surface area contributed by atoms with E-state index in [1.807, 2.05) is 4.90 Å². The Labute approximate surface area is 104 Å². The molecule has 5 heteroatoms. The number of aliphatic hydroxyl groups excluding tert-OH is 1. The van der Waals surface area contributed by atoms with Crippen LogP contribution in [-0.4, -0.2) is 23.3 Å². The zero-order chi connectivity index (χ0) is 12.9. The molecule has 3 rings (SSSR count). The Morgan fingerprint density at radius 3 is 2.39 bits per heavy atom. The number of rotatable bonds is 1. The largest absolute Gasteiger partial charge is 0.395 e. The maximum Gasteiger partial charge on any atom is 0.151 e. The average molecular weight is 254 g/mol. The summed E-state index contributed by atoms with van der Waals surface area (Å²) in [6.45, 7) is 0. The molecular weight excluding hydrogens is 238 g/mol. The monoisotopic (exact) mass is 254 g/mol. The summed E-state index contributed by atoms with van der Waals surface area (Å²) in [5.74, 6) is -1.32. The van der Waals surface area contributed by atoms with Gasteiger partial charge < -0.3 is 15.7 Å². The topological polar surface area (TPSA) is 49.5 Å². The second kappa shape index (κ2) is 4.09. The van der Waals surface area contributed by atoms with Gasteiger partial charge >= 0.3 is 0 Å². The molecule has 1 aromatic rings. The third kappa shape index (κ3) is 1.73. The maximum atomic E-state index is 13.5. The molecule has 18 heavy (non-hydrogen) atoms. The van der Waals surface area contributed by atoms with Gasteiger partial charge in [0.25, 0.3) is 0 Å². The minimum atomic E-state index is -0.712. The highest BCUT2D eigenvalue weighted by Crippen LogP contribution is 2.42. The number of anilines is 2. The Kier molecular flexibility index (Phi) is 2.66. The van der Waals surface area contributed by atoms with E-state index in [1.54, 1.807) is 0 Å². The van der Waals surface area contributed by atoms with Gasteiger partial charge in [-0.2, -0.15) is 0 Å². The molecule has 2 heterocycles. The van der Waals surface area contributed by atoms with Crippen LogP contribution < -0.4 is 10.6 Å². The van der Waals surface area contributed by atoms with E-state index in [1.165, 1.54) is 6.07 Å². The SMILES string of the molecule is Nc1c(F)cc(F)cc1N1C2CCC1CC(O)C2. The first kappa shape index (κ1) is 11.7. The van der Waals surface area contributed by atoms with Gasteiger partial charge in [0.15, 0.2) is 5.82 Å². The van der Waals surface area contributed by atoms with Crippen LogP contribution in [0.25, 0.3) is 0 Å². The highest BCUT2D eigenvalue weighted by molar-refractivity contribution is 5.70. The predicted molar refractivity (Wildman–Crippen MR) is 65.3 cm³/mol. The summed E-state index contributed by atoms with van der Waals surface area (Å²) >= 11 is 0. The molecule has 1 aromatic carbocycles. The molecule has 2 aliphatic heterocycles. The molecule has 2 saturated heterocycles. The molecule has 2 fully saturated rings. The Bertz CT molecular complexity index is 466. The van der Waals surface area contributed by atoms with E-state index in [-0.39, 0.29) is 23.9 Å². The standard InChI is InChI=1S/C13H16F2N2O/c14-7-3-11(15)13(16)12(4-7)17-8-1-2-9(17)6-10(18)5-8/h3-4,8-10,18H,1-2,5-6,16H2. The van der Waals surface area contributed by atoms with Crippen LogP contribution in [0.1, 0.15) is 25.7 Å². The van der Waals surface area contributed by atoms with Crippen molar-refractivity contribution in [2.75, 3.05) is 10.6 Å². The van der Waals surface area contributed by atoms with E-state index in [0.717, 1.165) is 18.9 Å². The van der Waals surface area contributed by atoms with Crippen molar-refractivity contribution in [2.45, 2.75) is 43.9 Å². The fraction of sp³-hybridized carbons (Fsp3) is 0.538. The van der Waals surface area contributed by atoms with Crippen LogP contribution in [0, 0.1) is 11.6 Å². The molecule has 3 nitrogen and oxygen atoms in total. The number of nitrogens with zero attached hydrogens (tertiary/aromatic N) is 1. The van der Waals surface area contributed by atoms with Crippen LogP contribution in [-0.2, 0) is 0 Å². The number of nitrogen functional groups attached to an aromatic ring is 1. The van der Waals surface area contributed by atoms with Gasteiger partial charge in [-0.05, 0) is 31.7 Å². The smallest absolute Gasteiger partial charge is 0.151 e. The highest BCUT2D eigenvalue weighted by Gasteiger charge is 2.41. The molecule has 0 radical (unpaired) electrons. The molecule has 2 aliphatic rings. The van der Waals surface area contributed by atoms with Crippen molar-refractivity contribution in [2.24, 2.45) is 0 Å². The molecular formula is C13H16F2N2O. The lowest BCUT2D eigenvalue weighted by atomic mass is 9.98. The van der Waals surface area contributed by atoms with Crippen molar-refractivity contribution in [3.63, 3.8) is 0 Å². The first-order valence-corrected chi connectivity index (χ1v) is 6.27. The lowest BCUT2D eigenvalue weighted by Crippen LogP contribution is -2.45. The molecule has 2 bridgehead atoms. The van der Waals surface area contributed by atoms with Gasteiger partial charge in [-0.1, -0.05) is 0 Å². The number of aliphatic hydroxyl groups is 1. The molecule has 2 atom stereocenters. The molecule has 0 aliphatic carbocycles. The summed E-state index contributed by atoms with van der Waals surface area (Å²) in [4.78, 5) is 1.99. The number of piperidine rings is 1. The van der Waals surface area contributed by atoms with Crippen molar-refractivity contribution in [3.05, 3.63) is 23.8 Å². The molecule has 98 valence electrons. The van der Waals surface area contributed by atoms with E-state index in [2.05, 4.69) is 0 Å². The van der Waals surface area contributed by atoms with Crippen molar-refractivity contribution in [3.8, 4) is 0 Å². The summed E-state index contributed by atoms with van der Waals surface area (Å²) in [6, 6.07) is 2.38. The number of hydrogen-bond acceptors (Lipinski definition) is 3. The molecule has 3 N–H and O–H groups in total. The van der Waals surface area contributed by atoms with Crippen LogP contribution in [0.2, 0.25) is 0 Å². The highest BCUT2D eigenvalue weighted by atomic mass is 19.1. The Balaban J connectivity index is 2.01. The Morgan fingerprint density at radius 1 is 1.17 bits per heavy atom. The molecule has 2 unspecified atom stereocenters. The van der Waals surface area contributed by atoms with Crippen LogP contribution in [0.3, 0.4) is 0 Å². The lowest BCUT2D eigenvalue weighted by Gasteiger charge is -2.39. The molecule has 0 aromatic heterocycles. The normalized spacial score (nSPS) is 30.8. The van der Waals surface area contributed by atoms with E-state index in [0.29, 0.717) is 18.5 Å². The zero-order valence-corrected chi connectivity index (χ0v) is 9.94. The van der Waals surface area contributed by atoms with Crippen LogP contribution in [0.5, 0.6) is 0 Å². The summed E-state index contributed by atoms with van der Waals surface area (Å²) in [5, 5.41) is 9.73. The number of benzene rings is 1. The van der Waals surface area contributed by atoms with Crippen molar-refractivity contribution < 1.29 is 13.9 Å². The number of hydrogen-bond donors (Lipinski definition) is 2. The van der Waals surface area contributed by atoms with E-state index in [4.69, 9.17) is 5.73 Å². The predicted octanol–water partition coefficient (Wildman–Crippen LogP) is 2.04. The fourth-order valence-electron chi connectivity index (χ4n) is 3.33. The molecule has 0 amide bonds. The van der Waals surface area contributed by atoms with Crippen LogP contribution in [0.15, 0.2) is 12.1 Å². The van der Waals surface area contributed by atoms with Gasteiger partial charge in [0.1, 0.15) is 5.82 Å². The Hall–Kier alpha value is -1.36. The summed E-state index contributed by atoms with van der Waals surface area (Å²) in [6.07, 6.45) is 2.87. The van der Waals surface area contributed by atoms with Crippen molar-refractivity contribution in [1.82, 2.24) is 0 Å². The van der Waals surface area contributed by atoms with Gasteiger partial charge in [0.05, 0.1) is 17.5 Å². The van der Waals surface area contributed by atoms with Gasteiger partial charge in [0.2, 0.25) is 0 Å². The van der Waals surface area contributed by atoms with Crippen LogP contribution >= 0.6 is 0 Å². The van der Waals surface area contributed by atoms with E-state index < -0.39 is 11.6 Å². The fourth-order valence-corrected chi connectivity index (χ4v) is 3.33.